The van der Waals surface area contributed by atoms with E-state index >= 15 is 0 Å². The zero-order valence-corrected chi connectivity index (χ0v) is 17.4. The summed E-state index contributed by atoms with van der Waals surface area (Å²) in [6.45, 7) is 6.45. The van der Waals surface area contributed by atoms with Gasteiger partial charge < -0.3 is 15.2 Å². The van der Waals surface area contributed by atoms with E-state index in [0.29, 0.717) is 17.2 Å². The van der Waals surface area contributed by atoms with Crippen molar-refractivity contribution in [2.45, 2.75) is 39.5 Å². The number of hydrogen-bond donors (Lipinski definition) is 1. The first-order valence-electron chi connectivity index (χ1n) is 9.55. The van der Waals surface area contributed by atoms with Crippen molar-refractivity contribution in [2.24, 2.45) is 0 Å². The minimum atomic E-state index is -0.374. The summed E-state index contributed by atoms with van der Waals surface area (Å²) in [6.07, 6.45) is 1.83. The highest BCUT2D eigenvalue weighted by atomic mass is 32.1. The van der Waals surface area contributed by atoms with Crippen LogP contribution >= 0.6 is 11.3 Å². The monoisotopic (exact) mass is 396 g/mol. The largest absolute Gasteiger partial charge is 0.497 e. The third kappa shape index (κ3) is 2.83. The first-order valence-corrected chi connectivity index (χ1v) is 10.4. The normalized spacial score (nSPS) is 12.8. The Bertz CT molecular complexity index is 1090. The molecule has 0 spiro atoms. The van der Waals surface area contributed by atoms with Gasteiger partial charge in [-0.15, -0.1) is 11.3 Å². The summed E-state index contributed by atoms with van der Waals surface area (Å²) in [5, 5.41) is 0.916. The molecular weight excluding hydrogens is 372 g/mol. The van der Waals surface area contributed by atoms with Gasteiger partial charge >= 0.3 is 5.97 Å². The van der Waals surface area contributed by atoms with E-state index in [1.165, 1.54) is 28.0 Å². The molecule has 0 fully saturated rings. The number of nitrogen functional groups attached to an aromatic ring is 1. The lowest BCUT2D eigenvalue weighted by molar-refractivity contribution is 0.0533. The van der Waals surface area contributed by atoms with E-state index in [0.717, 1.165) is 40.1 Å². The lowest BCUT2D eigenvalue weighted by atomic mass is 9.82. The van der Waals surface area contributed by atoms with Gasteiger partial charge in [0, 0.05) is 10.9 Å². The van der Waals surface area contributed by atoms with Gasteiger partial charge in [-0.3, -0.25) is 0 Å². The highest BCUT2D eigenvalue weighted by Crippen LogP contribution is 2.45. The number of nitrogens with zero attached hydrogens (tertiary/aromatic N) is 1. The minimum Gasteiger partial charge on any atom is -0.497 e. The van der Waals surface area contributed by atoms with Crippen molar-refractivity contribution in [1.29, 1.82) is 0 Å². The number of carbonyl (C=O) groups excluding carboxylic acids is 1. The number of carbonyl (C=O) groups is 1. The second-order valence-electron chi connectivity index (χ2n) is 7.28. The summed E-state index contributed by atoms with van der Waals surface area (Å²) in [4.78, 5) is 18.6. The molecule has 3 aromatic rings. The highest BCUT2D eigenvalue weighted by Gasteiger charge is 2.28. The third-order valence-corrected chi connectivity index (χ3v) is 6.35. The van der Waals surface area contributed by atoms with Crippen LogP contribution in [0.4, 0.5) is 5.69 Å². The van der Waals surface area contributed by atoms with Crippen LogP contribution in [0.1, 0.15) is 53.1 Å². The van der Waals surface area contributed by atoms with E-state index < -0.39 is 0 Å². The van der Waals surface area contributed by atoms with Gasteiger partial charge in [-0.1, -0.05) is 13.8 Å². The fraction of sp³-hybridized carbons (Fsp3) is 0.364. The predicted molar refractivity (Wildman–Crippen MR) is 113 cm³/mol. The van der Waals surface area contributed by atoms with Crippen LogP contribution in [0, 0.1) is 0 Å². The molecule has 0 radical (unpaired) electrons. The number of benzene rings is 1. The number of pyridine rings is 1. The van der Waals surface area contributed by atoms with Gasteiger partial charge in [0.25, 0.3) is 0 Å². The summed E-state index contributed by atoms with van der Waals surface area (Å²) in [7, 11) is 1.68. The predicted octanol–water partition coefficient (Wildman–Crippen LogP) is 4.95. The Hall–Kier alpha value is -2.60. The molecule has 0 saturated carbocycles. The summed E-state index contributed by atoms with van der Waals surface area (Å²) in [5.41, 5.74) is 12.7. The van der Waals surface area contributed by atoms with Crippen molar-refractivity contribution in [3.05, 3.63) is 39.8 Å². The summed E-state index contributed by atoms with van der Waals surface area (Å²) in [5.74, 6) is 0.754. The molecule has 0 atom stereocenters. The van der Waals surface area contributed by atoms with Crippen LogP contribution in [0.15, 0.2) is 18.2 Å². The van der Waals surface area contributed by atoms with Crippen molar-refractivity contribution in [3.8, 4) is 17.0 Å². The van der Waals surface area contributed by atoms with Crippen LogP contribution in [-0.4, -0.2) is 24.7 Å². The number of ether oxygens (including phenoxy) is 2. The molecule has 2 aromatic heterocycles. The Morgan fingerprint density at radius 1 is 1.32 bits per heavy atom. The molecular formula is C22H24N2O3S. The van der Waals surface area contributed by atoms with Gasteiger partial charge in [-0.05, 0) is 60.6 Å². The third-order valence-electron chi connectivity index (χ3n) is 5.27. The SMILES string of the molecule is CCOC(=O)c1sc2nc3c(c(C(C)C)c2c1N)CCc1cc(OC)ccc1-3. The fourth-order valence-electron chi connectivity index (χ4n) is 4.07. The molecule has 0 unspecified atom stereocenters. The van der Waals surface area contributed by atoms with Crippen molar-refractivity contribution in [1.82, 2.24) is 4.98 Å². The molecule has 1 aromatic carbocycles. The van der Waals surface area contributed by atoms with E-state index in [2.05, 4.69) is 26.0 Å². The van der Waals surface area contributed by atoms with E-state index in [9.17, 15) is 4.79 Å². The van der Waals surface area contributed by atoms with E-state index in [1.807, 2.05) is 6.07 Å². The number of methoxy groups -OCH3 is 1. The Morgan fingerprint density at radius 2 is 2.11 bits per heavy atom. The van der Waals surface area contributed by atoms with Crippen LogP contribution in [-0.2, 0) is 17.6 Å². The van der Waals surface area contributed by atoms with Gasteiger partial charge in [-0.2, -0.15) is 0 Å². The summed E-state index contributed by atoms with van der Waals surface area (Å²) < 4.78 is 10.6. The fourth-order valence-corrected chi connectivity index (χ4v) is 5.08. The topological polar surface area (TPSA) is 74.4 Å². The maximum atomic E-state index is 12.4. The number of nitrogens with two attached hydrogens (primary N) is 1. The van der Waals surface area contributed by atoms with E-state index in [-0.39, 0.29) is 11.9 Å². The smallest absolute Gasteiger partial charge is 0.350 e. The molecule has 0 aliphatic heterocycles. The van der Waals surface area contributed by atoms with Crippen LogP contribution < -0.4 is 10.5 Å². The number of aromatic nitrogens is 1. The quantitative estimate of drug-likeness (QED) is 0.632. The number of fused-ring (bicyclic) bond motifs is 4. The molecule has 0 saturated heterocycles. The van der Waals surface area contributed by atoms with Gasteiger partial charge in [0.2, 0.25) is 0 Å². The number of thiophene rings is 1. The number of hydrogen-bond acceptors (Lipinski definition) is 6. The average Bonchev–Trinajstić information content (AvgIpc) is 3.02. The molecule has 6 heteroatoms. The van der Waals surface area contributed by atoms with Crippen LogP contribution in [0.25, 0.3) is 21.5 Å². The van der Waals surface area contributed by atoms with Crippen molar-refractivity contribution >= 4 is 33.2 Å². The molecule has 1 aliphatic rings. The van der Waals surface area contributed by atoms with E-state index in [1.54, 1.807) is 14.0 Å². The van der Waals surface area contributed by atoms with Crippen molar-refractivity contribution in [3.63, 3.8) is 0 Å². The second kappa shape index (κ2) is 7.09. The number of aryl methyl sites for hydroxylation is 1. The molecule has 2 N–H and O–H groups in total. The lowest BCUT2D eigenvalue weighted by Gasteiger charge is -2.24. The van der Waals surface area contributed by atoms with Gasteiger partial charge in [0.1, 0.15) is 15.5 Å². The first kappa shape index (κ1) is 18.7. The van der Waals surface area contributed by atoms with Crippen molar-refractivity contribution in [2.75, 3.05) is 19.5 Å². The average molecular weight is 397 g/mol. The Kier molecular flexibility index (Phi) is 4.75. The van der Waals surface area contributed by atoms with Crippen LogP contribution in [0.3, 0.4) is 0 Å². The maximum Gasteiger partial charge on any atom is 0.350 e. The molecule has 146 valence electrons. The summed E-state index contributed by atoms with van der Waals surface area (Å²) in [6, 6.07) is 6.14. The molecule has 2 heterocycles. The van der Waals surface area contributed by atoms with E-state index in [4.69, 9.17) is 20.2 Å². The van der Waals surface area contributed by atoms with Gasteiger partial charge in [0.05, 0.1) is 25.1 Å². The number of anilines is 1. The molecule has 0 amide bonds. The summed E-state index contributed by atoms with van der Waals surface area (Å²) >= 11 is 1.32. The molecule has 4 rings (SSSR count). The zero-order chi connectivity index (χ0) is 20.0. The lowest BCUT2D eigenvalue weighted by Crippen LogP contribution is -2.11. The Morgan fingerprint density at radius 3 is 2.79 bits per heavy atom. The zero-order valence-electron chi connectivity index (χ0n) is 16.6. The standard InChI is InChI=1S/C22H24N2O3S/c1-5-27-22(25)20-18(23)17-16(11(2)3)15-8-6-12-10-13(26-4)7-9-14(12)19(15)24-21(17)28-20/h7,9-11H,5-6,8,23H2,1-4H3. The molecule has 1 aliphatic carbocycles. The second-order valence-corrected chi connectivity index (χ2v) is 8.27. The number of esters is 1. The minimum absolute atomic E-state index is 0.269. The first-order chi connectivity index (χ1) is 13.5. The van der Waals surface area contributed by atoms with Crippen LogP contribution in [0.5, 0.6) is 5.75 Å². The molecule has 28 heavy (non-hydrogen) atoms. The van der Waals surface area contributed by atoms with Crippen LogP contribution in [0.2, 0.25) is 0 Å². The highest BCUT2D eigenvalue weighted by molar-refractivity contribution is 7.21. The van der Waals surface area contributed by atoms with Crippen molar-refractivity contribution < 1.29 is 14.3 Å². The maximum absolute atomic E-state index is 12.4. The van der Waals surface area contributed by atoms with Gasteiger partial charge in [0.15, 0.2) is 0 Å². The van der Waals surface area contributed by atoms with Gasteiger partial charge in [-0.25, -0.2) is 9.78 Å². The molecule has 5 nitrogen and oxygen atoms in total. The Labute approximate surface area is 168 Å². The molecule has 0 bridgehead atoms. The Balaban J connectivity index is 2.00. The number of rotatable bonds is 4.